The number of benzene rings is 3. The first-order chi connectivity index (χ1) is 17.8. The van der Waals surface area contributed by atoms with E-state index in [9.17, 15) is 14.4 Å². The van der Waals surface area contributed by atoms with E-state index in [1.807, 2.05) is 11.0 Å². The molecule has 3 atom stereocenters. The molecule has 0 unspecified atom stereocenters. The Bertz CT molecular complexity index is 1590. The predicted molar refractivity (Wildman–Crippen MR) is 136 cm³/mol. The average Bonchev–Trinajstić information content (AvgIpc) is 3.38. The first-order valence-corrected chi connectivity index (χ1v) is 12.4. The largest absolute Gasteiger partial charge is 0.333 e. The van der Waals surface area contributed by atoms with Gasteiger partial charge in [0.25, 0.3) is 5.91 Å². The van der Waals surface area contributed by atoms with Gasteiger partial charge in [-0.3, -0.25) is 9.48 Å². The summed E-state index contributed by atoms with van der Waals surface area (Å²) in [6.07, 6.45) is 5.10. The highest BCUT2D eigenvalue weighted by Crippen LogP contribution is 2.39. The molecule has 2 saturated heterocycles. The fraction of sp³-hybridized carbons (Fsp3) is 0.276. The standard InChI is InChI=1S/C29H25F2N5O/c1-35-28-13-27(31)25(9-19(28)15-34-35)23-7-4-17(8-24(23)16-2-3-18(14-32)26(30)10-16)29(37)36-21-5-6-22(36)12-20(33)11-21/h2-4,7-10,13,15,20-22H,5-6,11-12,33H2,1H3/t20-,21-,22+. The van der Waals surface area contributed by atoms with Crippen molar-refractivity contribution in [3.63, 3.8) is 0 Å². The molecule has 3 heterocycles. The van der Waals surface area contributed by atoms with Gasteiger partial charge in [-0.2, -0.15) is 10.4 Å². The number of hydrogen-bond acceptors (Lipinski definition) is 4. The van der Waals surface area contributed by atoms with Gasteiger partial charge >= 0.3 is 0 Å². The van der Waals surface area contributed by atoms with Gasteiger partial charge in [-0.05, 0) is 72.7 Å². The molecule has 6 nitrogen and oxygen atoms in total. The van der Waals surface area contributed by atoms with Crippen LogP contribution >= 0.6 is 0 Å². The van der Waals surface area contributed by atoms with Crippen LogP contribution in [0.1, 0.15) is 41.6 Å². The number of aryl methyl sites for hydroxylation is 1. The first kappa shape index (κ1) is 23.3. The molecule has 4 aromatic rings. The van der Waals surface area contributed by atoms with E-state index in [2.05, 4.69) is 5.10 Å². The molecule has 2 bridgehead atoms. The van der Waals surface area contributed by atoms with Gasteiger partial charge in [0.2, 0.25) is 0 Å². The number of carbonyl (C=O) groups is 1. The smallest absolute Gasteiger partial charge is 0.254 e. The van der Waals surface area contributed by atoms with Gasteiger partial charge in [0.15, 0.2) is 0 Å². The van der Waals surface area contributed by atoms with Crippen LogP contribution in [0.15, 0.2) is 54.7 Å². The van der Waals surface area contributed by atoms with Crippen molar-refractivity contribution in [2.24, 2.45) is 12.8 Å². The third-order valence-corrected chi connectivity index (χ3v) is 7.80. The lowest BCUT2D eigenvalue weighted by Crippen LogP contribution is -2.50. The van der Waals surface area contributed by atoms with Crippen LogP contribution in [0.4, 0.5) is 8.78 Å². The molecule has 2 aliphatic rings. The second-order valence-corrected chi connectivity index (χ2v) is 10.1. The number of halogens is 2. The number of nitriles is 1. The maximum absolute atomic E-state index is 15.4. The molecule has 2 N–H and O–H groups in total. The minimum absolute atomic E-state index is 0.0817. The molecule has 6 rings (SSSR count). The highest BCUT2D eigenvalue weighted by molar-refractivity contribution is 5.99. The van der Waals surface area contributed by atoms with Crippen LogP contribution in [-0.2, 0) is 7.05 Å². The van der Waals surface area contributed by atoms with Crippen molar-refractivity contribution in [1.29, 1.82) is 5.26 Å². The molecule has 0 aliphatic carbocycles. The molecule has 2 fully saturated rings. The number of hydrogen-bond donors (Lipinski definition) is 1. The van der Waals surface area contributed by atoms with Crippen molar-refractivity contribution < 1.29 is 13.6 Å². The van der Waals surface area contributed by atoms with Gasteiger partial charge in [0.1, 0.15) is 17.7 Å². The first-order valence-electron chi connectivity index (χ1n) is 12.4. The van der Waals surface area contributed by atoms with Crippen LogP contribution in [0.3, 0.4) is 0 Å². The van der Waals surface area contributed by atoms with Gasteiger partial charge in [0, 0.05) is 47.8 Å². The number of amides is 1. The van der Waals surface area contributed by atoms with Crippen molar-refractivity contribution in [2.45, 2.75) is 43.8 Å². The lowest BCUT2D eigenvalue weighted by molar-refractivity contribution is 0.0575. The van der Waals surface area contributed by atoms with Crippen LogP contribution in [0.25, 0.3) is 33.2 Å². The molecule has 3 aromatic carbocycles. The predicted octanol–water partition coefficient (Wildman–Crippen LogP) is 5.15. The van der Waals surface area contributed by atoms with Crippen LogP contribution in [0, 0.1) is 23.0 Å². The molecular formula is C29H25F2N5O. The topological polar surface area (TPSA) is 87.9 Å². The van der Waals surface area contributed by atoms with Crippen LogP contribution in [0.5, 0.6) is 0 Å². The molecule has 8 heteroatoms. The molecule has 0 spiro atoms. The van der Waals surface area contributed by atoms with Gasteiger partial charge in [0.05, 0.1) is 17.3 Å². The van der Waals surface area contributed by atoms with E-state index >= 15 is 4.39 Å². The molecule has 1 aromatic heterocycles. The number of nitrogens with zero attached hydrogens (tertiary/aromatic N) is 4. The fourth-order valence-corrected chi connectivity index (χ4v) is 6.00. The van der Waals surface area contributed by atoms with Crippen molar-refractivity contribution in [3.8, 4) is 28.3 Å². The Balaban J connectivity index is 1.50. The zero-order valence-electron chi connectivity index (χ0n) is 20.3. The summed E-state index contributed by atoms with van der Waals surface area (Å²) in [5, 5.41) is 14.1. The van der Waals surface area contributed by atoms with Crippen molar-refractivity contribution >= 4 is 16.8 Å². The number of fused-ring (bicyclic) bond motifs is 3. The van der Waals surface area contributed by atoms with Crippen LogP contribution in [0.2, 0.25) is 0 Å². The Morgan fingerprint density at radius 3 is 2.46 bits per heavy atom. The summed E-state index contributed by atoms with van der Waals surface area (Å²) in [6, 6.07) is 14.7. The zero-order valence-corrected chi connectivity index (χ0v) is 20.3. The fourth-order valence-electron chi connectivity index (χ4n) is 6.00. The molecular weight excluding hydrogens is 472 g/mol. The molecule has 2 aliphatic heterocycles. The summed E-state index contributed by atoms with van der Waals surface area (Å²) in [5.41, 5.74) is 9.03. The maximum atomic E-state index is 15.4. The van der Waals surface area contributed by atoms with E-state index in [-0.39, 0.29) is 29.6 Å². The van der Waals surface area contributed by atoms with E-state index in [4.69, 9.17) is 5.73 Å². The van der Waals surface area contributed by atoms with E-state index < -0.39 is 11.6 Å². The third kappa shape index (κ3) is 3.87. The number of rotatable bonds is 3. The number of aromatic nitrogens is 2. The van der Waals surface area contributed by atoms with Gasteiger partial charge in [-0.15, -0.1) is 0 Å². The monoisotopic (exact) mass is 497 g/mol. The highest BCUT2D eigenvalue weighted by atomic mass is 19.1. The SMILES string of the molecule is Cn1ncc2cc(-c3ccc(C(=O)N4[C@@H]5CC[C@H]4C[C@H](N)C5)cc3-c3ccc(C#N)c(F)c3)c(F)cc21. The second kappa shape index (κ2) is 8.79. The molecule has 0 saturated carbocycles. The Labute approximate surface area is 212 Å². The molecule has 186 valence electrons. The third-order valence-electron chi connectivity index (χ3n) is 7.80. The van der Waals surface area contributed by atoms with Gasteiger partial charge < -0.3 is 10.6 Å². The summed E-state index contributed by atoms with van der Waals surface area (Å²) >= 11 is 0. The highest BCUT2D eigenvalue weighted by Gasteiger charge is 2.42. The molecule has 1 amide bonds. The maximum Gasteiger partial charge on any atom is 0.254 e. The Hall–Kier alpha value is -4.09. The summed E-state index contributed by atoms with van der Waals surface area (Å²) in [5.74, 6) is -1.22. The number of carbonyl (C=O) groups excluding carboxylic acids is 1. The minimum Gasteiger partial charge on any atom is -0.333 e. The molecule has 37 heavy (non-hydrogen) atoms. The number of nitrogens with two attached hydrogens (primary N) is 1. The normalized spacial score (nSPS) is 20.8. The second-order valence-electron chi connectivity index (χ2n) is 10.1. The van der Waals surface area contributed by atoms with E-state index in [0.717, 1.165) is 31.1 Å². The van der Waals surface area contributed by atoms with Crippen LogP contribution in [-0.4, -0.2) is 38.7 Å². The Morgan fingerprint density at radius 2 is 1.76 bits per heavy atom. The zero-order chi connectivity index (χ0) is 25.8. The Kier molecular flexibility index (Phi) is 5.54. The number of piperidine rings is 1. The quantitative estimate of drug-likeness (QED) is 0.424. The minimum atomic E-state index is -0.672. The van der Waals surface area contributed by atoms with Crippen molar-refractivity contribution in [1.82, 2.24) is 14.7 Å². The van der Waals surface area contributed by atoms with E-state index in [1.54, 1.807) is 48.3 Å². The van der Waals surface area contributed by atoms with Crippen molar-refractivity contribution in [2.75, 3.05) is 0 Å². The van der Waals surface area contributed by atoms with Gasteiger partial charge in [-0.1, -0.05) is 12.1 Å². The van der Waals surface area contributed by atoms with Crippen molar-refractivity contribution in [3.05, 3.63) is 77.5 Å². The van der Waals surface area contributed by atoms with E-state index in [0.29, 0.717) is 33.3 Å². The Morgan fingerprint density at radius 1 is 1.00 bits per heavy atom. The van der Waals surface area contributed by atoms with Gasteiger partial charge in [-0.25, -0.2) is 8.78 Å². The average molecular weight is 498 g/mol. The summed E-state index contributed by atoms with van der Waals surface area (Å²) in [6.45, 7) is 0. The lowest BCUT2D eigenvalue weighted by Gasteiger charge is -2.38. The summed E-state index contributed by atoms with van der Waals surface area (Å²) in [4.78, 5) is 15.6. The van der Waals surface area contributed by atoms with Crippen LogP contribution < -0.4 is 5.73 Å². The lowest BCUT2D eigenvalue weighted by atomic mass is 9.90. The summed E-state index contributed by atoms with van der Waals surface area (Å²) in [7, 11) is 1.74. The molecule has 0 radical (unpaired) electrons. The van der Waals surface area contributed by atoms with E-state index in [1.165, 1.54) is 18.2 Å². The summed E-state index contributed by atoms with van der Waals surface area (Å²) < 4.78 is 31.7.